The average Bonchev–Trinajstić information content (AvgIpc) is 2.96. The van der Waals surface area contributed by atoms with Crippen LogP contribution in [0.1, 0.15) is 11.1 Å². The Morgan fingerprint density at radius 3 is 2.24 bits per heavy atom. The molecule has 1 atom stereocenters. The zero-order valence-electron chi connectivity index (χ0n) is 11.5. The summed E-state index contributed by atoms with van der Waals surface area (Å²) in [4.78, 5) is 4.62. The lowest BCUT2D eigenvalue weighted by Crippen LogP contribution is -2.34. The Kier molecular flexibility index (Phi) is 2.82. The smallest absolute Gasteiger partial charge is 0.167 e. The fourth-order valence-corrected chi connectivity index (χ4v) is 2.78. The Balaban J connectivity index is 1.89. The van der Waals surface area contributed by atoms with Gasteiger partial charge < -0.3 is 0 Å². The predicted molar refractivity (Wildman–Crippen MR) is 86.1 cm³/mol. The molecule has 2 aliphatic heterocycles. The number of hydrogen-bond donors (Lipinski definition) is 1. The van der Waals surface area contributed by atoms with Gasteiger partial charge in [0.1, 0.15) is 0 Å². The highest BCUT2D eigenvalue weighted by molar-refractivity contribution is 5.95. The molecule has 1 N–H and O–H groups in total. The van der Waals surface area contributed by atoms with Crippen LogP contribution in [0.15, 0.2) is 77.9 Å². The van der Waals surface area contributed by atoms with Gasteiger partial charge in [-0.1, -0.05) is 60.7 Å². The first-order chi connectivity index (χ1) is 10.4. The maximum atomic E-state index is 4.62. The summed E-state index contributed by atoms with van der Waals surface area (Å²) in [6, 6.07) is 20.8. The molecular weight excluding hydrogens is 258 g/mol. The molecule has 0 amide bonds. The van der Waals surface area contributed by atoms with Crippen LogP contribution in [0, 0.1) is 0 Å². The van der Waals surface area contributed by atoms with Crippen molar-refractivity contribution in [3.8, 4) is 0 Å². The van der Waals surface area contributed by atoms with Crippen molar-refractivity contribution >= 4 is 17.5 Å². The van der Waals surface area contributed by atoms with Crippen molar-refractivity contribution in [2.75, 3.05) is 0 Å². The second-order valence-electron chi connectivity index (χ2n) is 5.05. The number of rotatable bonds is 2. The highest BCUT2D eigenvalue weighted by Gasteiger charge is 2.32. The standard InChI is InChI=1S/C18H15N3/c1-3-8-14(9-4-1)16-17(15-10-5-2-6-11-15)20-21-13-7-12-19-18(16)21/h1-13,18,20H. The van der Waals surface area contributed by atoms with Crippen LogP contribution in [0.4, 0.5) is 0 Å². The van der Waals surface area contributed by atoms with Crippen LogP contribution in [0.5, 0.6) is 0 Å². The maximum Gasteiger partial charge on any atom is 0.167 e. The molecule has 0 saturated carbocycles. The lowest BCUT2D eigenvalue weighted by Gasteiger charge is -2.23. The van der Waals surface area contributed by atoms with Gasteiger partial charge in [-0.25, -0.2) is 0 Å². The minimum Gasteiger partial charge on any atom is -0.296 e. The summed E-state index contributed by atoms with van der Waals surface area (Å²) < 4.78 is 0. The number of aliphatic imine (C=N–C) groups is 1. The molecule has 2 aliphatic rings. The Labute approximate surface area is 123 Å². The van der Waals surface area contributed by atoms with Crippen molar-refractivity contribution in [2.24, 2.45) is 4.99 Å². The van der Waals surface area contributed by atoms with Crippen LogP contribution in [0.3, 0.4) is 0 Å². The van der Waals surface area contributed by atoms with Crippen LogP contribution in [0.25, 0.3) is 11.3 Å². The van der Waals surface area contributed by atoms with Gasteiger partial charge in [0.2, 0.25) is 0 Å². The molecule has 1 unspecified atom stereocenters. The Bertz CT molecular complexity index is 730. The van der Waals surface area contributed by atoms with Gasteiger partial charge in [0.25, 0.3) is 0 Å². The van der Waals surface area contributed by atoms with Crippen LogP contribution >= 0.6 is 0 Å². The van der Waals surface area contributed by atoms with E-state index in [0.717, 1.165) is 5.70 Å². The van der Waals surface area contributed by atoms with Crippen molar-refractivity contribution < 1.29 is 0 Å². The van der Waals surface area contributed by atoms with Gasteiger partial charge in [-0.3, -0.25) is 15.4 Å². The molecule has 0 aliphatic carbocycles. The number of benzene rings is 2. The van der Waals surface area contributed by atoms with E-state index in [4.69, 9.17) is 0 Å². The molecule has 102 valence electrons. The first kappa shape index (κ1) is 12.0. The van der Waals surface area contributed by atoms with Gasteiger partial charge in [-0.05, 0) is 17.2 Å². The number of nitrogens with one attached hydrogen (secondary N) is 1. The normalized spacial score (nSPS) is 19.6. The largest absolute Gasteiger partial charge is 0.296 e. The van der Waals surface area contributed by atoms with Crippen molar-refractivity contribution in [1.82, 2.24) is 10.4 Å². The Morgan fingerprint density at radius 1 is 0.857 bits per heavy atom. The van der Waals surface area contributed by atoms with Crippen LogP contribution < -0.4 is 5.43 Å². The molecule has 0 saturated heterocycles. The first-order valence-electron chi connectivity index (χ1n) is 7.03. The summed E-state index contributed by atoms with van der Waals surface area (Å²) in [7, 11) is 0. The van der Waals surface area contributed by atoms with E-state index in [0.29, 0.717) is 0 Å². The van der Waals surface area contributed by atoms with Crippen LogP contribution in [-0.2, 0) is 0 Å². The summed E-state index contributed by atoms with van der Waals surface area (Å²) in [6.45, 7) is 0. The Hall–Kier alpha value is -2.81. The van der Waals surface area contributed by atoms with Gasteiger partial charge in [0, 0.05) is 18.0 Å². The third-order valence-electron chi connectivity index (χ3n) is 3.74. The molecule has 2 heterocycles. The zero-order chi connectivity index (χ0) is 14.1. The first-order valence-corrected chi connectivity index (χ1v) is 7.03. The van der Waals surface area contributed by atoms with Crippen molar-refractivity contribution in [3.63, 3.8) is 0 Å². The predicted octanol–water partition coefficient (Wildman–Crippen LogP) is 3.30. The SMILES string of the molecule is C1=CN2NC(c3ccccc3)=C(c3ccccc3)C2N=C1. The number of allylic oxidation sites excluding steroid dienone is 1. The molecule has 21 heavy (non-hydrogen) atoms. The molecule has 3 heteroatoms. The van der Waals surface area contributed by atoms with Crippen molar-refractivity contribution in [1.29, 1.82) is 0 Å². The highest BCUT2D eigenvalue weighted by atomic mass is 15.6. The number of hydrazine groups is 1. The summed E-state index contributed by atoms with van der Waals surface area (Å²) in [6.07, 6.45) is 5.82. The summed E-state index contributed by atoms with van der Waals surface area (Å²) in [5.41, 5.74) is 8.17. The zero-order valence-corrected chi connectivity index (χ0v) is 11.5. The fraction of sp³-hybridized carbons (Fsp3) is 0.0556. The molecule has 2 aromatic rings. The number of fused-ring (bicyclic) bond motifs is 1. The van der Waals surface area contributed by atoms with E-state index in [1.54, 1.807) is 0 Å². The monoisotopic (exact) mass is 273 g/mol. The summed E-state index contributed by atoms with van der Waals surface area (Å²) in [5, 5.41) is 2.05. The Morgan fingerprint density at radius 2 is 1.52 bits per heavy atom. The molecule has 4 rings (SSSR count). The van der Waals surface area contributed by atoms with Gasteiger partial charge in [0.05, 0.1) is 5.70 Å². The quantitative estimate of drug-likeness (QED) is 0.909. The van der Waals surface area contributed by atoms with Crippen LogP contribution in [0.2, 0.25) is 0 Å². The topological polar surface area (TPSA) is 27.6 Å². The summed E-state index contributed by atoms with van der Waals surface area (Å²) >= 11 is 0. The number of nitrogens with zero attached hydrogens (tertiary/aromatic N) is 2. The molecule has 0 bridgehead atoms. The second-order valence-corrected chi connectivity index (χ2v) is 5.05. The summed E-state index contributed by atoms with van der Waals surface area (Å²) in [5.74, 6) is 0. The van der Waals surface area contributed by atoms with Gasteiger partial charge >= 0.3 is 0 Å². The van der Waals surface area contributed by atoms with Crippen molar-refractivity contribution in [3.05, 3.63) is 84.1 Å². The third-order valence-corrected chi connectivity index (χ3v) is 3.74. The van der Waals surface area contributed by atoms with E-state index in [2.05, 4.69) is 58.9 Å². The van der Waals surface area contributed by atoms with Gasteiger partial charge in [0.15, 0.2) is 6.17 Å². The van der Waals surface area contributed by atoms with E-state index >= 15 is 0 Å². The molecule has 2 aromatic carbocycles. The number of hydrogen-bond acceptors (Lipinski definition) is 3. The van der Waals surface area contributed by atoms with E-state index in [1.807, 2.05) is 35.6 Å². The van der Waals surface area contributed by atoms with Crippen LogP contribution in [-0.4, -0.2) is 17.4 Å². The lowest BCUT2D eigenvalue weighted by atomic mass is 9.98. The average molecular weight is 273 g/mol. The van der Waals surface area contributed by atoms with E-state index in [-0.39, 0.29) is 6.17 Å². The van der Waals surface area contributed by atoms with Crippen molar-refractivity contribution in [2.45, 2.75) is 6.17 Å². The molecule has 0 radical (unpaired) electrons. The second kappa shape index (κ2) is 4.94. The van der Waals surface area contributed by atoms with E-state index in [1.165, 1.54) is 16.7 Å². The van der Waals surface area contributed by atoms with Gasteiger partial charge in [-0.2, -0.15) is 0 Å². The fourth-order valence-electron chi connectivity index (χ4n) is 2.78. The molecule has 0 fully saturated rings. The molecular formula is C18H15N3. The molecule has 3 nitrogen and oxygen atoms in total. The highest BCUT2D eigenvalue weighted by Crippen LogP contribution is 2.36. The maximum absolute atomic E-state index is 4.62. The molecule has 0 aromatic heterocycles. The lowest BCUT2D eigenvalue weighted by molar-refractivity contribution is 0.305. The minimum absolute atomic E-state index is 0.00685. The minimum atomic E-state index is -0.00685. The van der Waals surface area contributed by atoms with E-state index < -0.39 is 0 Å². The molecule has 0 spiro atoms. The third kappa shape index (κ3) is 2.03. The van der Waals surface area contributed by atoms with Gasteiger partial charge in [-0.15, -0.1) is 0 Å². The van der Waals surface area contributed by atoms with E-state index in [9.17, 15) is 0 Å².